The van der Waals surface area contributed by atoms with E-state index in [2.05, 4.69) is 4.98 Å². The first-order valence-electron chi connectivity index (χ1n) is 7.79. The molecule has 0 amide bonds. The molecule has 4 rings (SSSR count). The molecular formula is C18H11Cl2N3O3. The summed E-state index contributed by atoms with van der Waals surface area (Å²) >= 11 is 11.9. The molecule has 0 fully saturated rings. The maximum atomic E-state index is 12.7. The fourth-order valence-corrected chi connectivity index (χ4v) is 3.44. The highest BCUT2D eigenvalue weighted by atomic mass is 35.5. The Morgan fingerprint density at radius 2 is 2.00 bits per heavy atom. The van der Waals surface area contributed by atoms with Crippen molar-refractivity contribution in [2.45, 2.75) is 13.0 Å². The summed E-state index contributed by atoms with van der Waals surface area (Å²) in [6.45, 7) is 0.515. The van der Waals surface area contributed by atoms with Crippen molar-refractivity contribution >= 4 is 51.4 Å². The van der Waals surface area contributed by atoms with Gasteiger partial charge in [0.05, 0.1) is 15.8 Å². The second-order valence-corrected chi connectivity index (χ2v) is 6.78. The number of hydrogen-bond donors (Lipinski definition) is 0. The zero-order valence-corrected chi connectivity index (χ0v) is 14.8. The molecule has 0 bridgehead atoms. The summed E-state index contributed by atoms with van der Waals surface area (Å²) in [4.78, 5) is 27.8. The van der Waals surface area contributed by atoms with Gasteiger partial charge in [0, 0.05) is 17.6 Å². The number of benzene rings is 2. The second-order valence-electron chi connectivity index (χ2n) is 5.94. The highest BCUT2D eigenvalue weighted by molar-refractivity contribution is 6.32. The SMILES string of the molecule is O=c1c2ccc(Cl)cc2nc2n1CCC2=Cc1ccc(Cl)c([N+](=O)[O-])c1. The van der Waals surface area contributed by atoms with Gasteiger partial charge in [-0.05, 0) is 47.9 Å². The number of rotatable bonds is 2. The molecule has 26 heavy (non-hydrogen) atoms. The van der Waals surface area contributed by atoms with E-state index in [0.717, 1.165) is 5.57 Å². The van der Waals surface area contributed by atoms with Gasteiger partial charge in [0.1, 0.15) is 10.8 Å². The number of halogens is 2. The van der Waals surface area contributed by atoms with Gasteiger partial charge < -0.3 is 0 Å². The molecule has 8 heteroatoms. The molecule has 0 saturated carbocycles. The number of nitro groups is 1. The van der Waals surface area contributed by atoms with E-state index in [0.29, 0.717) is 40.3 Å². The Hall–Kier alpha value is -2.70. The van der Waals surface area contributed by atoms with Crippen LogP contribution < -0.4 is 5.56 Å². The van der Waals surface area contributed by atoms with Crippen LogP contribution in [0.4, 0.5) is 5.69 Å². The standard InChI is InChI=1S/C18H11Cl2N3O3/c19-12-2-3-13-15(9-12)21-17-11(5-6-22(17)18(13)24)7-10-1-4-14(20)16(8-10)23(25)26/h1-4,7-9H,5-6H2. The lowest BCUT2D eigenvalue weighted by Gasteiger charge is -2.06. The molecule has 6 nitrogen and oxygen atoms in total. The van der Waals surface area contributed by atoms with Crippen LogP contribution >= 0.6 is 23.2 Å². The fraction of sp³-hybridized carbons (Fsp3) is 0.111. The van der Waals surface area contributed by atoms with Gasteiger partial charge in [-0.1, -0.05) is 29.3 Å². The smallest absolute Gasteiger partial charge is 0.288 e. The molecule has 1 aliphatic heterocycles. The van der Waals surface area contributed by atoms with Crippen molar-refractivity contribution in [3.8, 4) is 0 Å². The van der Waals surface area contributed by atoms with Crippen LogP contribution in [0.1, 0.15) is 17.8 Å². The predicted molar refractivity (Wildman–Crippen MR) is 102 cm³/mol. The largest absolute Gasteiger partial charge is 0.292 e. The van der Waals surface area contributed by atoms with Crippen LogP contribution in [0, 0.1) is 10.1 Å². The van der Waals surface area contributed by atoms with Crippen LogP contribution in [-0.4, -0.2) is 14.5 Å². The van der Waals surface area contributed by atoms with E-state index >= 15 is 0 Å². The van der Waals surface area contributed by atoms with Gasteiger partial charge in [0.25, 0.3) is 11.2 Å². The van der Waals surface area contributed by atoms with Crippen LogP contribution in [0.25, 0.3) is 22.6 Å². The summed E-state index contributed by atoms with van der Waals surface area (Å²) in [5.41, 5.74) is 1.72. The number of fused-ring (bicyclic) bond motifs is 2. The zero-order chi connectivity index (χ0) is 18.4. The molecule has 0 atom stereocenters. The van der Waals surface area contributed by atoms with Crippen molar-refractivity contribution in [2.24, 2.45) is 0 Å². The first-order valence-corrected chi connectivity index (χ1v) is 8.54. The van der Waals surface area contributed by atoms with Crippen LogP contribution in [0.2, 0.25) is 10.0 Å². The number of hydrogen-bond acceptors (Lipinski definition) is 4. The molecule has 0 saturated heterocycles. The van der Waals surface area contributed by atoms with Crippen molar-refractivity contribution in [3.05, 3.63) is 78.3 Å². The highest BCUT2D eigenvalue weighted by Crippen LogP contribution is 2.31. The summed E-state index contributed by atoms with van der Waals surface area (Å²) in [5, 5.41) is 12.2. The maximum absolute atomic E-state index is 12.7. The Bertz CT molecular complexity index is 1170. The summed E-state index contributed by atoms with van der Waals surface area (Å²) < 4.78 is 1.62. The lowest BCUT2D eigenvalue weighted by molar-refractivity contribution is -0.384. The third kappa shape index (κ3) is 2.77. The normalized spacial score (nSPS) is 14.8. The minimum atomic E-state index is -0.523. The third-order valence-corrected chi connectivity index (χ3v) is 4.87. The average molecular weight is 388 g/mol. The zero-order valence-electron chi connectivity index (χ0n) is 13.3. The first-order chi connectivity index (χ1) is 12.4. The van der Waals surface area contributed by atoms with E-state index in [-0.39, 0.29) is 16.3 Å². The van der Waals surface area contributed by atoms with Crippen LogP contribution in [0.15, 0.2) is 41.2 Å². The van der Waals surface area contributed by atoms with Gasteiger partial charge in [0.2, 0.25) is 0 Å². The van der Waals surface area contributed by atoms with E-state index in [1.807, 2.05) is 0 Å². The topological polar surface area (TPSA) is 78.0 Å². The molecule has 0 aliphatic carbocycles. The van der Waals surface area contributed by atoms with Gasteiger partial charge in [-0.2, -0.15) is 0 Å². The van der Waals surface area contributed by atoms with E-state index in [9.17, 15) is 14.9 Å². The highest BCUT2D eigenvalue weighted by Gasteiger charge is 2.21. The Kier molecular flexibility index (Phi) is 4.01. The number of aromatic nitrogens is 2. The molecule has 0 radical (unpaired) electrons. The third-order valence-electron chi connectivity index (χ3n) is 4.32. The van der Waals surface area contributed by atoms with E-state index in [4.69, 9.17) is 23.2 Å². The second kappa shape index (κ2) is 6.23. The van der Waals surface area contributed by atoms with Gasteiger partial charge in [-0.3, -0.25) is 19.5 Å². The minimum absolute atomic E-state index is 0.0824. The van der Waals surface area contributed by atoms with E-state index in [1.54, 1.807) is 34.9 Å². The summed E-state index contributed by atoms with van der Waals surface area (Å²) in [6, 6.07) is 9.59. The maximum Gasteiger partial charge on any atom is 0.288 e. The molecule has 1 aromatic heterocycles. The molecule has 1 aliphatic rings. The molecule has 130 valence electrons. The molecule has 3 aromatic rings. The molecule has 0 unspecified atom stereocenters. The summed E-state index contributed by atoms with van der Waals surface area (Å²) in [7, 11) is 0. The van der Waals surface area contributed by atoms with Crippen molar-refractivity contribution in [1.29, 1.82) is 0 Å². The Balaban J connectivity index is 1.87. The molecule has 2 heterocycles. The summed E-state index contributed by atoms with van der Waals surface area (Å²) in [5.74, 6) is 0.558. The molecule has 2 aromatic carbocycles. The number of nitrogens with zero attached hydrogens (tertiary/aromatic N) is 3. The minimum Gasteiger partial charge on any atom is -0.292 e. The van der Waals surface area contributed by atoms with E-state index in [1.165, 1.54) is 12.1 Å². The monoisotopic (exact) mass is 387 g/mol. The molecule has 0 N–H and O–H groups in total. The van der Waals surface area contributed by atoms with Gasteiger partial charge in [-0.25, -0.2) is 4.98 Å². The van der Waals surface area contributed by atoms with Gasteiger partial charge in [-0.15, -0.1) is 0 Å². The van der Waals surface area contributed by atoms with Gasteiger partial charge >= 0.3 is 0 Å². The fourth-order valence-electron chi connectivity index (χ4n) is 3.09. The average Bonchev–Trinajstić information content (AvgIpc) is 2.99. The Morgan fingerprint density at radius 1 is 1.19 bits per heavy atom. The molecular weight excluding hydrogens is 377 g/mol. The van der Waals surface area contributed by atoms with Crippen LogP contribution in [-0.2, 0) is 6.54 Å². The number of nitro benzene ring substituents is 1. The Morgan fingerprint density at radius 3 is 2.77 bits per heavy atom. The quantitative estimate of drug-likeness (QED) is 0.477. The number of allylic oxidation sites excluding steroid dienone is 1. The van der Waals surface area contributed by atoms with Crippen LogP contribution in [0.5, 0.6) is 0 Å². The predicted octanol–water partition coefficient (Wildman–Crippen LogP) is 4.56. The van der Waals surface area contributed by atoms with Crippen molar-refractivity contribution in [2.75, 3.05) is 0 Å². The van der Waals surface area contributed by atoms with Crippen molar-refractivity contribution < 1.29 is 4.92 Å². The lowest BCUT2D eigenvalue weighted by Crippen LogP contribution is -2.20. The van der Waals surface area contributed by atoms with Crippen molar-refractivity contribution in [3.63, 3.8) is 0 Å². The lowest BCUT2D eigenvalue weighted by atomic mass is 10.1. The van der Waals surface area contributed by atoms with E-state index < -0.39 is 4.92 Å². The Labute approximate surface area is 157 Å². The summed E-state index contributed by atoms with van der Waals surface area (Å²) in [6.07, 6.45) is 2.41. The van der Waals surface area contributed by atoms with Crippen LogP contribution in [0.3, 0.4) is 0 Å². The van der Waals surface area contributed by atoms with Gasteiger partial charge in [0.15, 0.2) is 0 Å². The first kappa shape index (κ1) is 16.8. The van der Waals surface area contributed by atoms with Crippen molar-refractivity contribution in [1.82, 2.24) is 9.55 Å². The molecule has 0 spiro atoms.